The molecule has 158 valence electrons. The molecule has 5 nitrogen and oxygen atoms in total. The molecule has 3 aromatic rings. The number of rotatable bonds is 4. The van der Waals surface area contributed by atoms with Crippen LogP contribution < -0.4 is 5.32 Å². The van der Waals surface area contributed by atoms with Crippen molar-refractivity contribution in [1.29, 1.82) is 0 Å². The van der Waals surface area contributed by atoms with Crippen molar-refractivity contribution in [3.8, 4) is 17.0 Å². The number of carbonyl (C=O) groups is 1. The molecule has 0 spiro atoms. The van der Waals surface area contributed by atoms with Gasteiger partial charge in [0.2, 0.25) is 5.91 Å². The van der Waals surface area contributed by atoms with Crippen LogP contribution in [0.25, 0.3) is 17.3 Å². The summed E-state index contributed by atoms with van der Waals surface area (Å²) in [4.78, 5) is 22.0. The number of aromatic nitrogens is 2. The quantitative estimate of drug-likeness (QED) is 0.633. The summed E-state index contributed by atoms with van der Waals surface area (Å²) >= 11 is 0. The molecule has 0 fully saturated rings. The van der Waals surface area contributed by atoms with E-state index < -0.39 is 17.5 Å². The Morgan fingerprint density at radius 1 is 1.10 bits per heavy atom. The second-order valence-corrected chi connectivity index (χ2v) is 7.79. The van der Waals surface area contributed by atoms with Crippen LogP contribution in [0.2, 0.25) is 0 Å². The summed E-state index contributed by atoms with van der Waals surface area (Å²) in [6.07, 6.45) is 3.04. The smallest absolute Gasteiger partial charge is 0.230 e. The Bertz CT molecular complexity index is 1220. The lowest BCUT2D eigenvalue weighted by Crippen LogP contribution is -2.19. The second-order valence-electron chi connectivity index (χ2n) is 7.79. The van der Waals surface area contributed by atoms with Crippen molar-refractivity contribution < 1.29 is 18.7 Å². The van der Waals surface area contributed by atoms with E-state index in [9.17, 15) is 18.7 Å². The van der Waals surface area contributed by atoms with Gasteiger partial charge in [-0.05, 0) is 74.2 Å². The van der Waals surface area contributed by atoms with E-state index in [1.165, 1.54) is 6.07 Å². The second kappa shape index (κ2) is 8.26. The molecule has 1 aliphatic carbocycles. The lowest BCUT2D eigenvalue weighted by molar-refractivity contribution is -0.115. The predicted octanol–water partition coefficient (Wildman–Crippen LogP) is 4.83. The molecule has 0 bridgehead atoms. The maximum atomic E-state index is 13.4. The Morgan fingerprint density at radius 2 is 1.90 bits per heavy atom. The molecule has 0 radical (unpaired) electrons. The van der Waals surface area contributed by atoms with E-state index in [1.807, 2.05) is 26.0 Å². The number of allylic oxidation sites excluding steroid dienone is 1. The number of phenols is 1. The standard InChI is InChI=1S/C24H21F2N3O2/c1-13(2)9-21-24(29-22(31)11-14-3-7-18(25)19(26)10-14)28-20-8-4-15-12-16(30)5-6-17(15)23(20)27-21/h3,5-7,9-10,12,30H,4,8,11H2,1-2H3,(H,28,29,31). The molecule has 1 heterocycles. The van der Waals surface area contributed by atoms with Crippen LogP contribution in [0.5, 0.6) is 5.75 Å². The molecule has 1 amide bonds. The number of amides is 1. The van der Waals surface area contributed by atoms with E-state index in [1.54, 1.807) is 12.1 Å². The zero-order valence-corrected chi connectivity index (χ0v) is 17.2. The average Bonchev–Trinajstić information content (AvgIpc) is 2.70. The van der Waals surface area contributed by atoms with Crippen LogP contribution in [0.15, 0.2) is 42.0 Å². The first-order valence-corrected chi connectivity index (χ1v) is 9.92. The van der Waals surface area contributed by atoms with Gasteiger partial charge in [-0.25, -0.2) is 18.7 Å². The molecular formula is C24H21F2N3O2. The Balaban J connectivity index is 1.67. The minimum absolute atomic E-state index is 0.119. The number of nitrogens with zero attached hydrogens (tertiary/aromatic N) is 2. The van der Waals surface area contributed by atoms with Gasteiger partial charge in [-0.2, -0.15) is 0 Å². The number of nitrogens with one attached hydrogen (secondary N) is 1. The third-order valence-corrected chi connectivity index (χ3v) is 5.00. The highest BCUT2D eigenvalue weighted by Gasteiger charge is 2.22. The molecule has 1 aromatic heterocycles. The van der Waals surface area contributed by atoms with Crippen LogP contribution in [0.4, 0.5) is 14.6 Å². The number of aromatic hydroxyl groups is 1. The normalized spacial score (nSPS) is 12.0. The zero-order chi connectivity index (χ0) is 22.1. The topological polar surface area (TPSA) is 75.1 Å². The van der Waals surface area contributed by atoms with Crippen molar-refractivity contribution in [1.82, 2.24) is 9.97 Å². The molecule has 0 saturated carbocycles. The highest BCUT2D eigenvalue weighted by molar-refractivity contribution is 5.93. The van der Waals surface area contributed by atoms with Crippen LogP contribution >= 0.6 is 0 Å². The van der Waals surface area contributed by atoms with Gasteiger partial charge in [0, 0.05) is 5.56 Å². The first-order chi connectivity index (χ1) is 14.8. The molecule has 7 heteroatoms. The molecule has 0 unspecified atom stereocenters. The van der Waals surface area contributed by atoms with Crippen molar-refractivity contribution in [3.05, 3.63) is 76.1 Å². The average molecular weight is 421 g/mol. The Hall–Kier alpha value is -3.61. The number of hydrogen-bond acceptors (Lipinski definition) is 4. The van der Waals surface area contributed by atoms with Crippen LogP contribution in [0.1, 0.15) is 36.4 Å². The van der Waals surface area contributed by atoms with Crippen LogP contribution in [-0.2, 0) is 24.1 Å². The molecule has 0 aliphatic heterocycles. The molecular weight excluding hydrogens is 400 g/mol. The van der Waals surface area contributed by atoms with Gasteiger partial charge < -0.3 is 10.4 Å². The largest absolute Gasteiger partial charge is 0.508 e. The van der Waals surface area contributed by atoms with E-state index in [0.717, 1.165) is 40.2 Å². The number of benzene rings is 2. The van der Waals surface area contributed by atoms with Crippen molar-refractivity contribution in [3.63, 3.8) is 0 Å². The van der Waals surface area contributed by atoms with E-state index in [4.69, 9.17) is 4.98 Å². The minimum atomic E-state index is -0.992. The number of hydrogen-bond donors (Lipinski definition) is 2. The molecule has 1 aliphatic rings. The summed E-state index contributed by atoms with van der Waals surface area (Å²) in [6.45, 7) is 3.83. The fourth-order valence-electron chi connectivity index (χ4n) is 3.62. The van der Waals surface area contributed by atoms with Crippen molar-refractivity contribution >= 4 is 17.8 Å². The Morgan fingerprint density at radius 3 is 2.65 bits per heavy atom. The first-order valence-electron chi connectivity index (χ1n) is 9.92. The van der Waals surface area contributed by atoms with E-state index >= 15 is 0 Å². The predicted molar refractivity (Wildman–Crippen MR) is 115 cm³/mol. The molecule has 31 heavy (non-hydrogen) atoms. The van der Waals surface area contributed by atoms with E-state index in [2.05, 4.69) is 10.3 Å². The van der Waals surface area contributed by atoms with E-state index in [0.29, 0.717) is 29.9 Å². The van der Waals surface area contributed by atoms with Gasteiger partial charge in [0.1, 0.15) is 11.4 Å². The number of carbonyl (C=O) groups excluding carboxylic acids is 1. The minimum Gasteiger partial charge on any atom is -0.508 e. The monoisotopic (exact) mass is 421 g/mol. The van der Waals surface area contributed by atoms with Gasteiger partial charge in [0.25, 0.3) is 0 Å². The third kappa shape index (κ3) is 4.45. The fraction of sp³-hybridized carbons (Fsp3) is 0.208. The van der Waals surface area contributed by atoms with Crippen molar-refractivity contribution in [2.45, 2.75) is 33.1 Å². The number of fused-ring (bicyclic) bond motifs is 3. The number of aryl methyl sites for hydroxylation is 2. The highest BCUT2D eigenvalue weighted by Crippen LogP contribution is 2.35. The Kier molecular flexibility index (Phi) is 5.50. The van der Waals surface area contributed by atoms with Gasteiger partial charge in [0.15, 0.2) is 17.5 Å². The lowest BCUT2D eigenvalue weighted by Gasteiger charge is -2.20. The van der Waals surface area contributed by atoms with Crippen LogP contribution in [0, 0.1) is 11.6 Å². The number of anilines is 1. The van der Waals surface area contributed by atoms with Crippen LogP contribution in [0.3, 0.4) is 0 Å². The summed E-state index contributed by atoms with van der Waals surface area (Å²) in [5.41, 5.74) is 5.25. The van der Waals surface area contributed by atoms with Gasteiger partial charge in [-0.15, -0.1) is 0 Å². The van der Waals surface area contributed by atoms with Gasteiger partial charge in [-0.1, -0.05) is 11.6 Å². The molecule has 2 aromatic carbocycles. The van der Waals surface area contributed by atoms with Crippen LogP contribution in [-0.4, -0.2) is 21.0 Å². The summed E-state index contributed by atoms with van der Waals surface area (Å²) in [5, 5.41) is 12.5. The molecule has 4 rings (SSSR count). The SMILES string of the molecule is CC(C)=Cc1nc2c(nc1NC(=O)Cc1ccc(F)c(F)c1)CCc1cc(O)ccc1-2. The maximum Gasteiger partial charge on any atom is 0.230 e. The van der Waals surface area contributed by atoms with Crippen molar-refractivity contribution in [2.75, 3.05) is 5.32 Å². The molecule has 0 atom stereocenters. The summed E-state index contributed by atoms with van der Waals surface area (Å²) in [5.74, 6) is -1.81. The highest BCUT2D eigenvalue weighted by atomic mass is 19.2. The third-order valence-electron chi connectivity index (χ3n) is 5.00. The molecule has 0 saturated heterocycles. The summed E-state index contributed by atoms with van der Waals surface area (Å²) in [6, 6.07) is 8.56. The molecule has 2 N–H and O–H groups in total. The van der Waals surface area contributed by atoms with Gasteiger partial charge >= 0.3 is 0 Å². The first kappa shape index (κ1) is 20.7. The zero-order valence-electron chi connectivity index (χ0n) is 17.2. The van der Waals surface area contributed by atoms with Gasteiger partial charge in [0.05, 0.1) is 17.8 Å². The van der Waals surface area contributed by atoms with Crippen molar-refractivity contribution in [2.24, 2.45) is 0 Å². The van der Waals surface area contributed by atoms with Gasteiger partial charge in [-0.3, -0.25) is 4.79 Å². The Labute approximate surface area is 178 Å². The maximum absolute atomic E-state index is 13.4. The fourth-order valence-corrected chi connectivity index (χ4v) is 3.62. The van der Waals surface area contributed by atoms with E-state index in [-0.39, 0.29) is 12.2 Å². The number of halogens is 2. The summed E-state index contributed by atoms with van der Waals surface area (Å²) in [7, 11) is 0. The summed E-state index contributed by atoms with van der Waals surface area (Å²) < 4.78 is 26.6. The number of phenolic OH excluding ortho intramolecular Hbond substituents is 1. The lowest BCUT2D eigenvalue weighted by atomic mass is 9.91.